The molecule has 4 atom stereocenters. The Labute approximate surface area is 162 Å². The third kappa shape index (κ3) is 4.48. The number of nitrogens with one attached hydrogen (secondary N) is 2. The third-order valence-electron chi connectivity index (χ3n) is 6.84. The maximum atomic E-state index is 12.7. The molecule has 0 aromatic rings. The second-order valence-corrected chi connectivity index (χ2v) is 8.96. The molecule has 152 valence electrons. The summed E-state index contributed by atoms with van der Waals surface area (Å²) in [5.74, 6) is 1.41. The molecular formula is C21H34N2O4. The number of ether oxygens (including phenoxy) is 2. The van der Waals surface area contributed by atoms with E-state index in [-0.39, 0.29) is 47.9 Å². The van der Waals surface area contributed by atoms with Gasteiger partial charge in [-0.2, -0.15) is 0 Å². The summed E-state index contributed by atoms with van der Waals surface area (Å²) >= 11 is 0. The third-order valence-corrected chi connectivity index (χ3v) is 6.84. The second-order valence-electron chi connectivity index (χ2n) is 8.96. The number of hydrogen-bond donors (Lipinski definition) is 2. The highest BCUT2D eigenvalue weighted by atomic mass is 16.6. The number of unbranched alkanes of at least 4 members (excludes halogenated alkanes) is 1. The van der Waals surface area contributed by atoms with E-state index in [1.54, 1.807) is 0 Å². The zero-order valence-corrected chi connectivity index (χ0v) is 16.5. The van der Waals surface area contributed by atoms with E-state index in [1.165, 1.54) is 32.1 Å². The topological polar surface area (TPSA) is 76.7 Å². The van der Waals surface area contributed by atoms with E-state index in [1.807, 2.05) is 0 Å². The Bertz CT molecular complexity index is 542. The van der Waals surface area contributed by atoms with Crippen molar-refractivity contribution >= 4 is 11.8 Å². The lowest BCUT2D eigenvalue weighted by molar-refractivity contribution is -0.127. The molecule has 6 heteroatoms. The van der Waals surface area contributed by atoms with Crippen LogP contribution < -0.4 is 10.6 Å². The fourth-order valence-electron chi connectivity index (χ4n) is 4.90. The SMILES string of the molecule is CCCCC1CCC(C(=O)NC2COC3C(NC(=O)C4CC4)COC23)CC1. The van der Waals surface area contributed by atoms with Crippen molar-refractivity contribution in [3.63, 3.8) is 0 Å². The minimum Gasteiger partial charge on any atom is -0.371 e. The molecule has 2 saturated heterocycles. The highest BCUT2D eigenvalue weighted by molar-refractivity contribution is 5.81. The standard InChI is InChI=1S/C21H34N2O4/c1-2-3-4-13-5-7-14(8-6-13)20(24)22-16-11-26-19-17(12-27-18(16)19)23-21(25)15-9-10-15/h13-19H,2-12H2,1H3,(H,22,24)(H,23,25). The molecule has 4 unspecified atom stereocenters. The van der Waals surface area contributed by atoms with Crippen molar-refractivity contribution in [3.05, 3.63) is 0 Å². The van der Waals surface area contributed by atoms with Gasteiger partial charge in [-0.1, -0.05) is 26.2 Å². The second kappa shape index (κ2) is 8.48. The van der Waals surface area contributed by atoms with Crippen molar-refractivity contribution < 1.29 is 19.1 Å². The fraction of sp³-hybridized carbons (Fsp3) is 0.905. The zero-order chi connectivity index (χ0) is 18.8. The van der Waals surface area contributed by atoms with E-state index in [2.05, 4.69) is 17.6 Å². The van der Waals surface area contributed by atoms with Gasteiger partial charge >= 0.3 is 0 Å². The highest BCUT2D eigenvalue weighted by Gasteiger charge is 2.49. The Morgan fingerprint density at radius 1 is 0.815 bits per heavy atom. The Hall–Kier alpha value is -1.14. The van der Waals surface area contributed by atoms with Gasteiger partial charge in [-0.25, -0.2) is 0 Å². The smallest absolute Gasteiger partial charge is 0.223 e. The van der Waals surface area contributed by atoms with E-state index < -0.39 is 0 Å². The molecule has 2 saturated carbocycles. The summed E-state index contributed by atoms with van der Waals surface area (Å²) in [6.45, 7) is 3.19. The molecular weight excluding hydrogens is 344 g/mol. The minimum absolute atomic E-state index is 0.0843. The van der Waals surface area contributed by atoms with Crippen LogP contribution in [0, 0.1) is 17.8 Å². The Balaban J connectivity index is 1.22. The molecule has 2 aliphatic carbocycles. The van der Waals surface area contributed by atoms with Gasteiger partial charge in [0.25, 0.3) is 0 Å². The molecule has 0 aromatic carbocycles. The minimum atomic E-state index is -0.139. The monoisotopic (exact) mass is 378 g/mol. The number of rotatable bonds is 7. The van der Waals surface area contributed by atoms with E-state index in [4.69, 9.17) is 9.47 Å². The molecule has 2 heterocycles. The molecule has 4 aliphatic rings. The summed E-state index contributed by atoms with van der Waals surface area (Å²) in [6.07, 6.45) is 9.95. The lowest BCUT2D eigenvalue weighted by Gasteiger charge is -2.29. The first-order valence-corrected chi connectivity index (χ1v) is 11.0. The van der Waals surface area contributed by atoms with Crippen LogP contribution in [0.1, 0.15) is 64.7 Å². The number of hydrogen-bond acceptors (Lipinski definition) is 4. The van der Waals surface area contributed by atoms with Crippen LogP contribution in [0.5, 0.6) is 0 Å². The van der Waals surface area contributed by atoms with Gasteiger partial charge in [-0.15, -0.1) is 0 Å². The summed E-state index contributed by atoms with van der Waals surface area (Å²) < 4.78 is 11.8. The molecule has 0 spiro atoms. The van der Waals surface area contributed by atoms with Crippen LogP contribution in [-0.2, 0) is 19.1 Å². The summed E-state index contributed by atoms with van der Waals surface area (Å²) in [5, 5.41) is 6.25. The maximum Gasteiger partial charge on any atom is 0.223 e. The van der Waals surface area contributed by atoms with E-state index in [0.29, 0.717) is 13.2 Å². The summed E-state index contributed by atoms with van der Waals surface area (Å²) in [7, 11) is 0. The largest absolute Gasteiger partial charge is 0.371 e. The van der Waals surface area contributed by atoms with Crippen LogP contribution in [0.2, 0.25) is 0 Å². The van der Waals surface area contributed by atoms with Crippen LogP contribution in [0.3, 0.4) is 0 Å². The molecule has 0 bridgehead atoms. The quantitative estimate of drug-likeness (QED) is 0.712. The van der Waals surface area contributed by atoms with Gasteiger partial charge < -0.3 is 20.1 Å². The van der Waals surface area contributed by atoms with Crippen LogP contribution in [0.15, 0.2) is 0 Å². The van der Waals surface area contributed by atoms with Gasteiger partial charge in [0, 0.05) is 11.8 Å². The van der Waals surface area contributed by atoms with Crippen LogP contribution in [-0.4, -0.2) is 49.3 Å². The number of carbonyl (C=O) groups is 2. The molecule has 2 amide bonds. The van der Waals surface area contributed by atoms with Gasteiger partial charge in [0.2, 0.25) is 11.8 Å². The van der Waals surface area contributed by atoms with Crippen molar-refractivity contribution in [1.82, 2.24) is 10.6 Å². The van der Waals surface area contributed by atoms with Crippen molar-refractivity contribution in [1.29, 1.82) is 0 Å². The highest BCUT2D eigenvalue weighted by Crippen LogP contribution is 2.34. The van der Waals surface area contributed by atoms with E-state index in [0.717, 1.165) is 31.6 Å². The van der Waals surface area contributed by atoms with Gasteiger partial charge in [0.1, 0.15) is 12.2 Å². The average molecular weight is 379 g/mol. The number of fused-ring (bicyclic) bond motifs is 1. The van der Waals surface area contributed by atoms with Crippen molar-refractivity contribution in [2.75, 3.05) is 13.2 Å². The van der Waals surface area contributed by atoms with E-state index in [9.17, 15) is 9.59 Å². The first-order chi connectivity index (χ1) is 13.2. The van der Waals surface area contributed by atoms with Crippen molar-refractivity contribution in [2.45, 2.75) is 89.0 Å². The molecule has 2 aliphatic heterocycles. The number of carbonyl (C=O) groups excluding carboxylic acids is 2. The zero-order valence-electron chi connectivity index (χ0n) is 16.5. The lowest BCUT2D eigenvalue weighted by atomic mass is 9.79. The molecule has 4 fully saturated rings. The predicted octanol–water partition coefficient (Wildman–Crippen LogP) is 2.16. The Kier molecular flexibility index (Phi) is 6.02. The van der Waals surface area contributed by atoms with Crippen LogP contribution in [0.4, 0.5) is 0 Å². The average Bonchev–Trinajstić information content (AvgIpc) is 3.36. The van der Waals surface area contributed by atoms with E-state index >= 15 is 0 Å². The van der Waals surface area contributed by atoms with Crippen LogP contribution in [0.25, 0.3) is 0 Å². The molecule has 0 aromatic heterocycles. The molecule has 0 radical (unpaired) electrons. The molecule has 2 N–H and O–H groups in total. The van der Waals surface area contributed by atoms with Gasteiger partial charge in [-0.05, 0) is 44.4 Å². The number of amides is 2. The van der Waals surface area contributed by atoms with Gasteiger partial charge in [0.15, 0.2) is 0 Å². The first-order valence-electron chi connectivity index (χ1n) is 11.0. The maximum absolute atomic E-state index is 12.7. The predicted molar refractivity (Wildman–Crippen MR) is 101 cm³/mol. The normalized spacial score (nSPS) is 38.4. The van der Waals surface area contributed by atoms with Crippen molar-refractivity contribution in [2.24, 2.45) is 17.8 Å². The molecule has 6 nitrogen and oxygen atoms in total. The molecule has 4 rings (SSSR count). The first kappa shape index (κ1) is 19.2. The van der Waals surface area contributed by atoms with Gasteiger partial charge in [-0.3, -0.25) is 9.59 Å². The summed E-state index contributed by atoms with van der Waals surface area (Å²) in [5.41, 5.74) is 0. The fourth-order valence-corrected chi connectivity index (χ4v) is 4.90. The molecule has 27 heavy (non-hydrogen) atoms. The van der Waals surface area contributed by atoms with Gasteiger partial charge in [0.05, 0.1) is 25.3 Å². The lowest BCUT2D eigenvalue weighted by Crippen LogP contribution is -2.48. The Morgan fingerprint density at radius 3 is 1.74 bits per heavy atom. The van der Waals surface area contributed by atoms with Crippen LogP contribution >= 0.6 is 0 Å². The Morgan fingerprint density at radius 2 is 1.30 bits per heavy atom. The summed E-state index contributed by atoms with van der Waals surface area (Å²) in [4.78, 5) is 24.7. The van der Waals surface area contributed by atoms with Crippen molar-refractivity contribution in [3.8, 4) is 0 Å². The summed E-state index contributed by atoms with van der Waals surface area (Å²) in [6, 6.07) is -0.179.